The fourth-order valence-electron chi connectivity index (χ4n) is 3.40. The number of amides is 1. The Labute approximate surface area is 162 Å². The summed E-state index contributed by atoms with van der Waals surface area (Å²) in [4.78, 5) is 20.2. The number of aromatic nitrogens is 1. The Kier molecular flexibility index (Phi) is 4.76. The molecular formula is C18H15F3N4O2S. The highest BCUT2D eigenvalue weighted by molar-refractivity contribution is 8.13. The second-order valence-corrected chi connectivity index (χ2v) is 7.57. The van der Waals surface area contributed by atoms with E-state index >= 15 is 0 Å². The number of carbonyl (C=O) groups excluding carboxylic acids is 1. The molecule has 2 aliphatic rings. The molecule has 6 nitrogen and oxygen atoms in total. The zero-order valence-corrected chi connectivity index (χ0v) is 15.2. The number of fused-ring (bicyclic) bond motifs is 1. The number of nitrogens with two attached hydrogens (primary N) is 1. The van der Waals surface area contributed by atoms with Crippen LogP contribution in [0.25, 0.3) is 0 Å². The molecule has 1 aromatic heterocycles. The smallest absolute Gasteiger partial charge is 0.277 e. The van der Waals surface area contributed by atoms with Crippen molar-refractivity contribution in [1.82, 2.24) is 4.98 Å². The summed E-state index contributed by atoms with van der Waals surface area (Å²) in [6.45, 7) is 0.589. The Balaban J connectivity index is 1.68. The minimum atomic E-state index is -1.09. The Bertz CT molecular complexity index is 987. The number of hydrogen-bond donors (Lipinski definition) is 2. The zero-order chi connectivity index (χ0) is 19.9. The van der Waals surface area contributed by atoms with Crippen LogP contribution in [0.2, 0.25) is 0 Å². The molecule has 1 amide bonds. The lowest BCUT2D eigenvalue weighted by Crippen LogP contribution is -2.40. The topological polar surface area (TPSA) is 89.6 Å². The Morgan fingerprint density at radius 2 is 2.11 bits per heavy atom. The Morgan fingerprint density at radius 3 is 2.89 bits per heavy atom. The number of pyridine rings is 1. The number of carbonyl (C=O) groups is 1. The lowest BCUT2D eigenvalue weighted by atomic mass is 9.81. The van der Waals surface area contributed by atoms with E-state index < -0.39 is 34.6 Å². The molecule has 2 aliphatic heterocycles. The van der Waals surface area contributed by atoms with E-state index in [1.807, 2.05) is 0 Å². The maximum absolute atomic E-state index is 14.7. The average Bonchev–Trinajstić information content (AvgIpc) is 3.07. The summed E-state index contributed by atoms with van der Waals surface area (Å²) in [7, 11) is 0. The summed E-state index contributed by atoms with van der Waals surface area (Å²) in [5, 5.41) is 2.80. The first-order valence-corrected chi connectivity index (χ1v) is 9.36. The molecule has 2 aromatic rings. The van der Waals surface area contributed by atoms with Gasteiger partial charge in [-0.05, 0) is 18.2 Å². The average molecular weight is 408 g/mol. The van der Waals surface area contributed by atoms with E-state index in [1.165, 1.54) is 30.0 Å². The summed E-state index contributed by atoms with van der Waals surface area (Å²) in [6, 6.07) is 4.53. The molecule has 146 valence electrons. The van der Waals surface area contributed by atoms with Gasteiger partial charge in [0.2, 0.25) is 0 Å². The molecule has 0 radical (unpaired) electrons. The van der Waals surface area contributed by atoms with E-state index in [1.54, 1.807) is 0 Å². The molecule has 3 heterocycles. The van der Waals surface area contributed by atoms with Gasteiger partial charge in [0.15, 0.2) is 16.7 Å². The number of thioether (sulfide) groups is 1. The molecule has 0 saturated carbocycles. The van der Waals surface area contributed by atoms with Crippen molar-refractivity contribution in [3.05, 3.63) is 59.2 Å². The number of rotatable bonds is 3. The maximum Gasteiger partial charge on any atom is 0.277 e. The number of nitrogens with zero attached hydrogens (tertiary/aromatic N) is 2. The van der Waals surface area contributed by atoms with Gasteiger partial charge in [-0.3, -0.25) is 4.79 Å². The molecule has 10 heteroatoms. The van der Waals surface area contributed by atoms with Gasteiger partial charge in [-0.1, -0.05) is 11.8 Å². The normalized spacial score (nSPS) is 23.8. The SMILES string of the molecule is NC1=NC2(c3cc(NC(=O)c4ncc(F)cc4F)ccc3F)COCC2CS1. The van der Waals surface area contributed by atoms with Crippen LogP contribution in [0.1, 0.15) is 16.1 Å². The van der Waals surface area contributed by atoms with Crippen molar-refractivity contribution in [3.8, 4) is 0 Å². The predicted molar refractivity (Wildman–Crippen MR) is 98.6 cm³/mol. The minimum Gasteiger partial charge on any atom is -0.379 e. The quantitative estimate of drug-likeness (QED) is 0.815. The third-order valence-electron chi connectivity index (χ3n) is 4.77. The molecule has 0 bridgehead atoms. The molecule has 28 heavy (non-hydrogen) atoms. The summed E-state index contributed by atoms with van der Waals surface area (Å²) >= 11 is 1.38. The molecule has 0 aliphatic carbocycles. The summed E-state index contributed by atoms with van der Waals surface area (Å²) in [5.74, 6) is -2.81. The lowest BCUT2D eigenvalue weighted by Gasteiger charge is -2.34. The maximum atomic E-state index is 14.7. The van der Waals surface area contributed by atoms with Gasteiger partial charge in [0.05, 0.1) is 19.4 Å². The summed E-state index contributed by atoms with van der Waals surface area (Å²) in [5.41, 5.74) is 4.79. The number of benzene rings is 1. The summed E-state index contributed by atoms with van der Waals surface area (Å²) < 4.78 is 47.0. The van der Waals surface area contributed by atoms with E-state index in [2.05, 4.69) is 15.3 Å². The molecule has 2 atom stereocenters. The second-order valence-electron chi connectivity index (χ2n) is 6.53. The highest BCUT2D eigenvalue weighted by Crippen LogP contribution is 2.45. The third kappa shape index (κ3) is 3.22. The predicted octanol–water partition coefficient (Wildman–Crippen LogP) is 2.65. The number of ether oxygens (including phenoxy) is 1. The summed E-state index contributed by atoms with van der Waals surface area (Å²) in [6.07, 6.45) is 0.741. The molecule has 0 spiro atoms. The van der Waals surface area contributed by atoms with Crippen LogP contribution in [0.15, 0.2) is 35.5 Å². The van der Waals surface area contributed by atoms with Crippen LogP contribution in [0, 0.1) is 23.4 Å². The van der Waals surface area contributed by atoms with E-state index in [0.717, 1.165) is 6.20 Å². The first-order chi connectivity index (χ1) is 13.4. The zero-order valence-electron chi connectivity index (χ0n) is 14.4. The van der Waals surface area contributed by atoms with Crippen LogP contribution in [-0.4, -0.2) is 35.0 Å². The molecule has 3 N–H and O–H groups in total. The van der Waals surface area contributed by atoms with Crippen molar-refractivity contribution in [2.45, 2.75) is 5.54 Å². The van der Waals surface area contributed by atoms with Crippen LogP contribution in [0.3, 0.4) is 0 Å². The van der Waals surface area contributed by atoms with Gasteiger partial charge in [-0.15, -0.1) is 0 Å². The number of aliphatic imine (C=N–C) groups is 1. The first kappa shape index (κ1) is 18.8. The number of halogens is 3. The number of nitrogens with one attached hydrogen (secondary N) is 1. The van der Waals surface area contributed by atoms with Gasteiger partial charge in [0.25, 0.3) is 5.91 Å². The Hall–Kier alpha value is -2.59. The van der Waals surface area contributed by atoms with E-state index in [4.69, 9.17) is 10.5 Å². The molecule has 1 aromatic carbocycles. The van der Waals surface area contributed by atoms with Gasteiger partial charge in [-0.2, -0.15) is 0 Å². The van der Waals surface area contributed by atoms with Crippen molar-refractivity contribution in [3.63, 3.8) is 0 Å². The van der Waals surface area contributed by atoms with Crippen LogP contribution in [0.5, 0.6) is 0 Å². The van der Waals surface area contributed by atoms with Crippen molar-refractivity contribution in [2.75, 3.05) is 24.3 Å². The third-order valence-corrected chi connectivity index (χ3v) is 5.73. The Morgan fingerprint density at radius 1 is 1.29 bits per heavy atom. The van der Waals surface area contributed by atoms with E-state index in [9.17, 15) is 18.0 Å². The highest BCUT2D eigenvalue weighted by Gasteiger charge is 2.49. The molecule has 2 unspecified atom stereocenters. The largest absolute Gasteiger partial charge is 0.379 e. The van der Waals surface area contributed by atoms with Gasteiger partial charge in [0.1, 0.15) is 17.2 Å². The van der Waals surface area contributed by atoms with E-state index in [0.29, 0.717) is 23.6 Å². The monoisotopic (exact) mass is 408 g/mol. The number of hydrogen-bond acceptors (Lipinski definition) is 6. The van der Waals surface area contributed by atoms with Crippen molar-refractivity contribution in [1.29, 1.82) is 0 Å². The fourth-order valence-corrected chi connectivity index (χ4v) is 4.37. The van der Waals surface area contributed by atoms with Crippen LogP contribution in [0.4, 0.5) is 18.9 Å². The van der Waals surface area contributed by atoms with Gasteiger partial charge >= 0.3 is 0 Å². The van der Waals surface area contributed by atoms with Gasteiger partial charge < -0.3 is 15.8 Å². The van der Waals surface area contributed by atoms with Crippen LogP contribution in [-0.2, 0) is 10.3 Å². The molecule has 1 saturated heterocycles. The van der Waals surface area contributed by atoms with Crippen molar-refractivity contribution < 1.29 is 22.7 Å². The number of anilines is 1. The fraction of sp³-hybridized carbons (Fsp3) is 0.278. The lowest BCUT2D eigenvalue weighted by molar-refractivity contribution is 0.101. The van der Waals surface area contributed by atoms with Gasteiger partial charge in [0, 0.05) is 29.0 Å². The molecule has 4 rings (SSSR count). The molecular weight excluding hydrogens is 393 g/mol. The molecule has 1 fully saturated rings. The first-order valence-electron chi connectivity index (χ1n) is 8.37. The number of amidine groups is 1. The van der Waals surface area contributed by atoms with Crippen molar-refractivity contribution >= 4 is 28.5 Å². The van der Waals surface area contributed by atoms with Crippen molar-refractivity contribution in [2.24, 2.45) is 16.6 Å². The van der Waals surface area contributed by atoms with Crippen LogP contribution < -0.4 is 11.1 Å². The minimum absolute atomic E-state index is 0.0681. The van der Waals surface area contributed by atoms with Crippen LogP contribution >= 0.6 is 11.8 Å². The van der Waals surface area contributed by atoms with Gasteiger partial charge in [-0.25, -0.2) is 23.1 Å². The van der Waals surface area contributed by atoms with E-state index in [-0.39, 0.29) is 23.8 Å². The highest BCUT2D eigenvalue weighted by atomic mass is 32.2. The standard InChI is InChI=1S/C18H15F3N4O2S/c19-10-3-14(21)15(23-5-10)16(26)24-11-1-2-13(20)12(4-11)18-8-27-6-9(18)7-28-17(22)25-18/h1-5,9H,6-8H2,(H2,22,25)(H,24,26). The second kappa shape index (κ2) is 7.10.